The SMILES string of the molecule is CCC(CCCl)(c1ccccc1)N1CCNCC1. The zero-order valence-electron chi connectivity index (χ0n) is 11.2. The molecule has 1 N–H and O–H groups in total. The van der Waals surface area contributed by atoms with E-state index in [2.05, 4.69) is 47.5 Å². The predicted molar refractivity (Wildman–Crippen MR) is 78.2 cm³/mol. The summed E-state index contributed by atoms with van der Waals surface area (Å²) in [5.41, 5.74) is 1.53. The Bertz CT molecular complexity index is 349. The van der Waals surface area contributed by atoms with Crippen molar-refractivity contribution in [2.24, 2.45) is 0 Å². The Hall–Kier alpha value is -0.570. The van der Waals surface area contributed by atoms with Crippen molar-refractivity contribution in [2.75, 3.05) is 32.1 Å². The van der Waals surface area contributed by atoms with E-state index in [1.807, 2.05) is 0 Å². The van der Waals surface area contributed by atoms with E-state index in [0.717, 1.165) is 39.0 Å². The van der Waals surface area contributed by atoms with Crippen molar-refractivity contribution >= 4 is 11.6 Å². The molecule has 1 unspecified atom stereocenters. The molecule has 18 heavy (non-hydrogen) atoms. The zero-order chi connectivity index (χ0) is 12.8. The molecular weight excluding hydrogens is 244 g/mol. The predicted octanol–water partition coefficient (Wildman–Crippen LogP) is 2.83. The van der Waals surface area contributed by atoms with Gasteiger partial charge in [-0.25, -0.2) is 0 Å². The van der Waals surface area contributed by atoms with Crippen LogP contribution in [0.4, 0.5) is 0 Å². The Labute approximate surface area is 115 Å². The molecule has 0 amide bonds. The van der Waals surface area contributed by atoms with Gasteiger partial charge in [0.25, 0.3) is 0 Å². The fourth-order valence-electron chi connectivity index (χ4n) is 3.09. The molecular formula is C15H23ClN2. The fourth-order valence-corrected chi connectivity index (χ4v) is 3.40. The minimum absolute atomic E-state index is 0.116. The molecule has 1 heterocycles. The van der Waals surface area contributed by atoms with Gasteiger partial charge in [-0.2, -0.15) is 0 Å². The number of nitrogens with one attached hydrogen (secondary N) is 1. The smallest absolute Gasteiger partial charge is 0.0470 e. The standard InChI is InChI=1S/C15H23ClN2/c1-2-15(8-9-16,14-6-4-3-5-7-14)18-12-10-17-11-13-18/h3-7,17H,2,8-13H2,1H3. The van der Waals surface area contributed by atoms with Crippen molar-refractivity contribution in [1.82, 2.24) is 10.2 Å². The molecule has 0 spiro atoms. The van der Waals surface area contributed by atoms with Gasteiger partial charge in [-0.1, -0.05) is 37.3 Å². The Kier molecular flexibility index (Phi) is 5.04. The van der Waals surface area contributed by atoms with Gasteiger partial charge in [0.15, 0.2) is 0 Å². The maximum atomic E-state index is 6.09. The Morgan fingerprint density at radius 2 is 1.89 bits per heavy atom. The maximum Gasteiger partial charge on any atom is 0.0470 e. The molecule has 0 aromatic heterocycles. The monoisotopic (exact) mass is 266 g/mol. The summed E-state index contributed by atoms with van der Waals surface area (Å²) in [4.78, 5) is 2.61. The van der Waals surface area contributed by atoms with Crippen molar-refractivity contribution in [3.05, 3.63) is 35.9 Å². The van der Waals surface area contributed by atoms with E-state index in [-0.39, 0.29) is 5.54 Å². The van der Waals surface area contributed by atoms with Crippen LogP contribution in [0.25, 0.3) is 0 Å². The van der Waals surface area contributed by atoms with Gasteiger partial charge >= 0.3 is 0 Å². The molecule has 100 valence electrons. The molecule has 0 saturated carbocycles. The van der Waals surface area contributed by atoms with E-state index in [1.54, 1.807) is 0 Å². The molecule has 2 rings (SSSR count). The molecule has 1 atom stereocenters. The molecule has 0 radical (unpaired) electrons. The molecule has 1 aromatic rings. The molecule has 1 fully saturated rings. The van der Waals surface area contributed by atoms with Crippen LogP contribution in [0.3, 0.4) is 0 Å². The fraction of sp³-hybridized carbons (Fsp3) is 0.600. The van der Waals surface area contributed by atoms with Crippen LogP contribution >= 0.6 is 11.6 Å². The van der Waals surface area contributed by atoms with Gasteiger partial charge < -0.3 is 5.32 Å². The number of hydrogen-bond acceptors (Lipinski definition) is 2. The van der Waals surface area contributed by atoms with Crippen LogP contribution in [-0.2, 0) is 5.54 Å². The van der Waals surface area contributed by atoms with Gasteiger partial charge in [0.2, 0.25) is 0 Å². The second-order valence-corrected chi connectivity index (χ2v) is 5.31. The van der Waals surface area contributed by atoms with Crippen molar-refractivity contribution in [3.63, 3.8) is 0 Å². The summed E-state index contributed by atoms with van der Waals surface area (Å²) in [6.07, 6.45) is 2.14. The van der Waals surface area contributed by atoms with Crippen molar-refractivity contribution < 1.29 is 0 Å². The Morgan fingerprint density at radius 1 is 1.22 bits per heavy atom. The summed E-state index contributed by atoms with van der Waals surface area (Å²) in [5.74, 6) is 0.715. The summed E-state index contributed by atoms with van der Waals surface area (Å²) >= 11 is 6.09. The third-order valence-corrected chi connectivity index (χ3v) is 4.32. The van der Waals surface area contributed by atoms with Crippen LogP contribution in [0.1, 0.15) is 25.3 Å². The number of alkyl halides is 1. The number of nitrogens with zero attached hydrogens (tertiary/aromatic N) is 1. The zero-order valence-corrected chi connectivity index (χ0v) is 11.9. The van der Waals surface area contributed by atoms with Crippen LogP contribution < -0.4 is 5.32 Å². The molecule has 2 nitrogen and oxygen atoms in total. The number of halogens is 1. The number of hydrogen-bond donors (Lipinski definition) is 1. The average Bonchev–Trinajstić information content (AvgIpc) is 2.47. The first-order valence-corrected chi connectivity index (χ1v) is 7.44. The van der Waals surface area contributed by atoms with Crippen molar-refractivity contribution in [3.8, 4) is 0 Å². The average molecular weight is 267 g/mol. The highest BCUT2D eigenvalue weighted by atomic mass is 35.5. The van der Waals surface area contributed by atoms with E-state index >= 15 is 0 Å². The largest absolute Gasteiger partial charge is 0.314 e. The summed E-state index contributed by atoms with van der Waals surface area (Å²) in [6, 6.07) is 10.9. The first kappa shape index (κ1) is 13.9. The van der Waals surface area contributed by atoms with Crippen LogP contribution in [0.2, 0.25) is 0 Å². The van der Waals surface area contributed by atoms with Crippen molar-refractivity contribution in [2.45, 2.75) is 25.3 Å². The maximum absolute atomic E-state index is 6.09. The van der Waals surface area contributed by atoms with E-state index in [9.17, 15) is 0 Å². The number of piperazine rings is 1. The van der Waals surface area contributed by atoms with Gasteiger partial charge in [0, 0.05) is 37.6 Å². The van der Waals surface area contributed by atoms with E-state index in [4.69, 9.17) is 11.6 Å². The van der Waals surface area contributed by atoms with Gasteiger partial charge in [-0.3, -0.25) is 4.90 Å². The second kappa shape index (κ2) is 6.55. The number of benzene rings is 1. The lowest BCUT2D eigenvalue weighted by Crippen LogP contribution is -2.54. The normalized spacial score (nSPS) is 20.6. The summed E-state index contributed by atoms with van der Waals surface area (Å²) in [5, 5.41) is 3.43. The van der Waals surface area contributed by atoms with Crippen LogP contribution in [0.15, 0.2) is 30.3 Å². The lowest BCUT2D eigenvalue weighted by Gasteiger charge is -2.46. The highest BCUT2D eigenvalue weighted by molar-refractivity contribution is 6.17. The second-order valence-electron chi connectivity index (χ2n) is 4.93. The highest BCUT2D eigenvalue weighted by Gasteiger charge is 2.36. The molecule has 0 aliphatic carbocycles. The first-order chi connectivity index (χ1) is 8.83. The Morgan fingerprint density at radius 3 is 2.44 bits per heavy atom. The molecule has 0 bridgehead atoms. The third kappa shape index (κ3) is 2.71. The number of rotatable bonds is 5. The van der Waals surface area contributed by atoms with E-state index in [1.165, 1.54) is 5.56 Å². The van der Waals surface area contributed by atoms with Crippen molar-refractivity contribution in [1.29, 1.82) is 0 Å². The molecule has 1 aromatic carbocycles. The van der Waals surface area contributed by atoms with Gasteiger partial charge in [0.1, 0.15) is 0 Å². The van der Waals surface area contributed by atoms with E-state index < -0.39 is 0 Å². The van der Waals surface area contributed by atoms with E-state index in [0.29, 0.717) is 5.88 Å². The third-order valence-electron chi connectivity index (χ3n) is 4.13. The topological polar surface area (TPSA) is 15.3 Å². The first-order valence-electron chi connectivity index (χ1n) is 6.91. The lowest BCUT2D eigenvalue weighted by atomic mass is 9.82. The Balaban J connectivity index is 2.32. The molecule has 1 saturated heterocycles. The quantitative estimate of drug-likeness (QED) is 0.825. The van der Waals surface area contributed by atoms with Gasteiger partial charge in [-0.05, 0) is 18.4 Å². The van der Waals surface area contributed by atoms with Crippen LogP contribution in [0, 0.1) is 0 Å². The molecule has 1 aliphatic heterocycles. The molecule has 3 heteroatoms. The van der Waals surface area contributed by atoms with Crippen LogP contribution in [-0.4, -0.2) is 37.0 Å². The molecule has 1 aliphatic rings. The highest BCUT2D eigenvalue weighted by Crippen LogP contribution is 2.36. The minimum atomic E-state index is 0.116. The van der Waals surface area contributed by atoms with Gasteiger partial charge in [-0.15, -0.1) is 11.6 Å². The minimum Gasteiger partial charge on any atom is -0.314 e. The summed E-state index contributed by atoms with van der Waals surface area (Å²) in [7, 11) is 0. The van der Waals surface area contributed by atoms with Gasteiger partial charge in [0.05, 0.1) is 0 Å². The summed E-state index contributed by atoms with van der Waals surface area (Å²) in [6.45, 7) is 6.66. The summed E-state index contributed by atoms with van der Waals surface area (Å²) < 4.78 is 0. The lowest BCUT2D eigenvalue weighted by molar-refractivity contribution is 0.0631. The van der Waals surface area contributed by atoms with Crippen LogP contribution in [0.5, 0.6) is 0 Å².